The molecule has 8 heteroatoms. The van der Waals surface area contributed by atoms with E-state index in [9.17, 15) is 20.1 Å². The third kappa shape index (κ3) is 4.82. The minimum Gasteiger partial charge on any atom is -0.480 e. The molecule has 0 fully saturated rings. The van der Waals surface area contributed by atoms with Gasteiger partial charge in [-0.15, -0.1) is 0 Å². The number of halogens is 2. The average Bonchev–Trinajstić information content (AvgIpc) is 2.47. The lowest BCUT2D eigenvalue weighted by Crippen LogP contribution is -2.59. The Hall–Kier alpha value is -0.860. The molecule has 0 saturated heterocycles. The first-order chi connectivity index (χ1) is 9.87. The molecule has 1 rings (SSSR count). The molecular weight excluding hydrogens is 366 g/mol. The van der Waals surface area contributed by atoms with Gasteiger partial charge in [-0.1, -0.05) is 11.6 Å². The lowest BCUT2D eigenvalue weighted by Gasteiger charge is -2.30. The Morgan fingerprint density at radius 1 is 1.38 bits per heavy atom. The Labute approximate surface area is 135 Å². The van der Waals surface area contributed by atoms with E-state index in [1.807, 2.05) is 0 Å². The number of aliphatic hydroxyl groups is 3. The zero-order chi connectivity index (χ0) is 16.0. The molecule has 0 bridgehead atoms. The normalized spacial score (nSPS) is 12.9. The minimum atomic E-state index is -1.48. The number of carbonyl (C=O) groups excluding carboxylic acids is 1. The van der Waals surface area contributed by atoms with Crippen molar-refractivity contribution in [3.8, 4) is 5.75 Å². The van der Waals surface area contributed by atoms with Gasteiger partial charge in [-0.3, -0.25) is 4.79 Å². The minimum absolute atomic E-state index is 0.421. The zero-order valence-electron chi connectivity index (χ0n) is 11.3. The Morgan fingerprint density at radius 3 is 2.43 bits per heavy atom. The van der Waals surface area contributed by atoms with Gasteiger partial charge in [0, 0.05) is 5.02 Å². The lowest BCUT2D eigenvalue weighted by atomic mass is 10.0. The van der Waals surface area contributed by atoms with Crippen molar-refractivity contribution in [1.29, 1.82) is 0 Å². The van der Waals surface area contributed by atoms with Gasteiger partial charge in [0.05, 0.1) is 24.3 Å². The molecule has 0 heterocycles. The van der Waals surface area contributed by atoms with Gasteiger partial charge in [0.2, 0.25) is 0 Å². The third-order valence-electron chi connectivity index (χ3n) is 2.86. The van der Waals surface area contributed by atoms with E-state index in [2.05, 4.69) is 21.2 Å². The SMILES string of the molecule is CC(Oc1ccc(Cl)cc1Br)C(=O)NC(CO)(CO)CO. The number of benzene rings is 1. The van der Waals surface area contributed by atoms with Gasteiger partial charge in [0.25, 0.3) is 5.91 Å². The van der Waals surface area contributed by atoms with E-state index in [0.29, 0.717) is 15.2 Å². The molecule has 1 aromatic rings. The molecule has 0 saturated carbocycles. The number of amides is 1. The van der Waals surface area contributed by atoms with Crippen LogP contribution in [0, 0.1) is 0 Å². The number of hydrogen-bond donors (Lipinski definition) is 4. The van der Waals surface area contributed by atoms with E-state index in [4.69, 9.17) is 16.3 Å². The molecular formula is C13H17BrClNO5. The zero-order valence-corrected chi connectivity index (χ0v) is 13.7. The summed E-state index contributed by atoms with van der Waals surface area (Å²) in [6, 6.07) is 4.85. The third-order valence-corrected chi connectivity index (χ3v) is 3.72. The summed E-state index contributed by atoms with van der Waals surface area (Å²) in [5, 5.41) is 30.4. The smallest absolute Gasteiger partial charge is 0.261 e. The molecule has 1 amide bonds. The number of nitrogens with one attached hydrogen (secondary N) is 1. The van der Waals surface area contributed by atoms with Crippen molar-refractivity contribution in [1.82, 2.24) is 5.32 Å². The molecule has 21 heavy (non-hydrogen) atoms. The molecule has 0 aromatic heterocycles. The second kappa shape index (κ2) is 7.95. The van der Waals surface area contributed by atoms with E-state index in [1.54, 1.807) is 18.2 Å². The van der Waals surface area contributed by atoms with Crippen molar-refractivity contribution in [3.05, 3.63) is 27.7 Å². The molecule has 0 aliphatic heterocycles. The van der Waals surface area contributed by atoms with Crippen LogP contribution in [0.4, 0.5) is 0 Å². The monoisotopic (exact) mass is 381 g/mol. The van der Waals surface area contributed by atoms with Crippen LogP contribution in [0.5, 0.6) is 5.75 Å². The molecule has 0 aliphatic carbocycles. The largest absolute Gasteiger partial charge is 0.480 e. The number of hydrogen-bond acceptors (Lipinski definition) is 5. The first-order valence-corrected chi connectivity index (χ1v) is 7.31. The second-order valence-electron chi connectivity index (χ2n) is 4.58. The molecule has 1 atom stereocenters. The van der Waals surface area contributed by atoms with Crippen LogP contribution in [0.2, 0.25) is 5.02 Å². The summed E-state index contributed by atoms with van der Waals surface area (Å²) in [5.41, 5.74) is -1.48. The quantitative estimate of drug-likeness (QED) is 0.556. The van der Waals surface area contributed by atoms with Gasteiger partial charge in [-0.2, -0.15) is 0 Å². The highest BCUT2D eigenvalue weighted by Gasteiger charge is 2.32. The fraction of sp³-hybridized carbons (Fsp3) is 0.462. The molecule has 0 radical (unpaired) electrons. The Bertz CT molecular complexity index is 487. The fourth-order valence-electron chi connectivity index (χ4n) is 1.45. The second-order valence-corrected chi connectivity index (χ2v) is 5.87. The van der Waals surface area contributed by atoms with Crippen LogP contribution in [0.1, 0.15) is 6.92 Å². The van der Waals surface area contributed by atoms with Crippen molar-refractivity contribution in [2.45, 2.75) is 18.6 Å². The highest BCUT2D eigenvalue weighted by Crippen LogP contribution is 2.28. The van der Waals surface area contributed by atoms with E-state index < -0.39 is 37.4 Å². The first-order valence-electron chi connectivity index (χ1n) is 6.14. The Kier molecular flexibility index (Phi) is 6.89. The Balaban J connectivity index is 2.74. The molecule has 0 spiro atoms. The van der Waals surface area contributed by atoms with Gasteiger partial charge in [-0.25, -0.2) is 0 Å². The maximum absolute atomic E-state index is 12.0. The van der Waals surface area contributed by atoms with Crippen molar-refractivity contribution in [2.24, 2.45) is 0 Å². The van der Waals surface area contributed by atoms with E-state index in [1.165, 1.54) is 6.92 Å². The maximum atomic E-state index is 12.0. The van der Waals surface area contributed by atoms with Gasteiger partial charge < -0.3 is 25.4 Å². The van der Waals surface area contributed by atoms with Crippen LogP contribution in [0.15, 0.2) is 22.7 Å². The molecule has 1 unspecified atom stereocenters. The predicted octanol–water partition coefficient (Wildman–Crippen LogP) is 0.702. The maximum Gasteiger partial charge on any atom is 0.261 e. The van der Waals surface area contributed by atoms with Crippen molar-refractivity contribution < 1.29 is 24.9 Å². The summed E-state index contributed by atoms with van der Waals surface area (Å²) in [5.74, 6) is -0.154. The fourth-order valence-corrected chi connectivity index (χ4v) is 2.22. The summed E-state index contributed by atoms with van der Waals surface area (Å²) < 4.78 is 6.07. The van der Waals surface area contributed by atoms with E-state index in [0.717, 1.165) is 0 Å². The molecule has 6 nitrogen and oxygen atoms in total. The lowest BCUT2D eigenvalue weighted by molar-refractivity contribution is -0.131. The van der Waals surface area contributed by atoms with Crippen molar-refractivity contribution >= 4 is 33.4 Å². The number of carbonyl (C=O) groups is 1. The molecule has 0 aliphatic rings. The molecule has 1 aromatic carbocycles. The van der Waals surface area contributed by atoms with Gasteiger partial charge >= 0.3 is 0 Å². The number of rotatable bonds is 7. The summed E-state index contributed by atoms with van der Waals surface area (Å²) in [6.45, 7) is -0.275. The topological polar surface area (TPSA) is 99.0 Å². The van der Waals surface area contributed by atoms with Gasteiger partial charge in [-0.05, 0) is 41.1 Å². The van der Waals surface area contributed by atoms with Gasteiger partial charge in [0.15, 0.2) is 6.10 Å². The number of ether oxygens (including phenoxy) is 1. The van der Waals surface area contributed by atoms with Gasteiger partial charge in [0.1, 0.15) is 11.3 Å². The predicted molar refractivity (Wildman–Crippen MR) is 81.4 cm³/mol. The van der Waals surface area contributed by atoms with Crippen molar-refractivity contribution in [2.75, 3.05) is 19.8 Å². The summed E-state index contributed by atoms with van der Waals surface area (Å²) in [7, 11) is 0. The summed E-state index contributed by atoms with van der Waals surface area (Å²) >= 11 is 9.08. The number of aliphatic hydroxyl groups excluding tert-OH is 3. The summed E-state index contributed by atoms with van der Waals surface area (Å²) in [6.07, 6.45) is -0.897. The highest BCUT2D eigenvalue weighted by atomic mass is 79.9. The van der Waals surface area contributed by atoms with E-state index >= 15 is 0 Å². The van der Waals surface area contributed by atoms with Crippen molar-refractivity contribution in [3.63, 3.8) is 0 Å². The van der Waals surface area contributed by atoms with Crippen LogP contribution in [0.25, 0.3) is 0 Å². The van der Waals surface area contributed by atoms with Crippen LogP contribution >= 0.6 is 27.5 Å². The summed E-state index contributed by atoms with van der Waals surface area (Å²) in [4.78, 5) is 12.0. The van der Waals surface area contributed by atoms with E-state index in [-0.39, 0.29) is 0 Å². The standard InChI is InChI=1S/C13H17BrClNO5/c1-8(12(20)16-13(5-17,6-18)7-19)21-11-3-2-9(15)4-10(11)14/h2-4,8,17-19H,5-7H2,1H3,(H,16,20). The van der Waals surface area contributed by atoms with Crippen LogP contribution < -0.4 is 10.1 Å². The first kappa shape index (κ1) is 18.2. The highest BCUT2D eigenvalue weighted by molar-refractivity contribution is 9.10. The molecule has 118 valence electrons. The van der Waals surface area contributed by atoms with Crippen LogP contribution in [-0.2, 0) is 4.79 Å². The average molecular weight is 383 g/mol. The van der Waals surface area contributed by atoms with Crippen LogP contribution in [0.3, 0.4) is 0 Å². The molecule has 4 N–H and O–H groups in total. The Morgan fingerprint density at radius 2 is 1.95 bits per heavy atom. The van der Waals surface area contributed by atoms with Crippen LogP contribution in [-0.4, -0.2) is 52.7 Å².